The summed E-state index contributed by atoms with van der Waals surface area (Å²) in [6.07, 6.45) is 0.643. The molecule has 0 atom stereocenters. The van der Waals surface area contributed by atoms with Crippen molar-refractivity contribution in [3.05, 3.63) is 35.2 Å². The molecule has 0 aliphatic rings. The topological polar surface area (TPSA) is 72.8 Å². The highest BCUT2D eigenvalue weighted by molar-refractivity contribution is 7.13. The zero-order valence-electron chi connectivity index (χ0n) is 12.5. The van der Waals surface area contributed by atoms with E-state index in [4.69, 9.17) is 14.6 Å². The third-order valence-corrected chi connectivity index (χ3v) is 4.03. The number of benzene rings is 1. The van der Waals surface area contributed by atoms with Gasteiger partial charge in [-0.15, -0.1) is 11.3 Å². The molecule has 0 radical (unpaired) electrons. The Morgan fingerprint density at radius 3 is 2.55 bits per heavy atom. The molecule has 116 valence electrons. The first-order valence-corrected chi connectivity index (χ1v) is 7.40. The third-order valence-electron chi connectivity index (χ3n) is 3.13. The van der Waals surface area contributed by atoms with Crippen molar-refractivity contribution in [2.45, 2.75) is 19.4 Å². The smallest absolute Gasteiger partial charge is 0.347 e. The second-order valence-electron chi connectivity index (χ2n) is 5.10. The van der Waals surface area contributed by atoms with Crippen molar-refractivity contribution < 1.29 is 24.2 Å². The van der Waals surface area contributed by atoms with Gasteiger partial charge in [-0.3, -0.25) is 4.79 Å². The minimum absolute atomic E-state index is 0.180. The number of rotatable bonds is 6. The molecule has 1 N–H and O–H groups in total. The zero-order chi connectivity index (χ0) is 16.3. The molecular formula is C16H16O5S. The Labute approximate surface area is 132 Å². The number of carboxylic acid groups (broad SMARTS) is 1. The molecule has 0 fully saturated rings. The normalized spacial score (nSPS) is 11.0. The SMILES string of the molecule is COc1cc(OC(C)(C)C(=O)O)c(C=O)cc1-c1cccs1. The number of methoxy groups -OCH3 is 1. The summed E-state index contributed by atoms with van der Waals surface area (Å²) in [5.74, 6) is -0.422. The van der Waals surface area contributed by atoms with Gasteiger partial charge in [0.25, 0.3) is 0 Å². The molecule has 2 rings (SSSR count). The zero-order valence-corrected chi connectivity index (χ0v) is 13.3. The lowest BCUT2D eigenvalue weighted by Gasteiger charge is -2.23. The summed E-state index contributed by atoms with van der Waals surface area (Å²) >= 11 is 1.52. The quantitative estimate of drug-likeness (QED) is 0.825. The van der Waals surface area contributed by atoms with Gasteiger partial charge in [-0.2, -0.15) is 0 Å². The molecule has 0 aliphatic carbocycles. The van der Waals surface area contributed by atoms with Crippen LogP contribution in [0.2, 0.25) is 0 Å². The van der Waals surface area contributed by atoms with Crippen LogP contribution in [0.5, 0.6) is 11.5 Å². The Morgan fingerprint density at radius 1 is 1.32 bits per heavy atom. The Balaban J connectivity index is 2.53. The number of carbonyl (C=O) groups excluding carboxylic acids is 1. The second-order valence-corrected chi connectivity index (χ2v) is 6.05. The molecule has 6 heteroatoms. The predicted octanol–water partition coefficient (Wildman–Crippen LogP) is 3.48. The molecule has 1 aromatic heterocycles. The monoisotopic (exact) mass is 320 g/mol. The number of hydrogen-bond donors (Lipinski definition) is 1. The van der Waals surface area contributed by atoms with Gasteiger partial charge in [-0.1, -0.05) is 6.07 Å². The highest BCUT2D eigenvalue weighted by Gasteiger charge is 2.30. The number of carbonyl (C=O) groups is 2. The van der Waals surface area contributed by atoms with E-state index in [-0.39, 0.29) is 11.3 Å². The van der Waals surface area contributed by atoms with E-state index in [0.29, 0.717) is 12.0 Å². The third kappa shape index (κ3) is 3.12. The summed E-state index contributed by atoms with van der Waals surface area (Å²) in [4.78, 5) is 23.5. The average molecular weight is 320 g/mol. The van der Waals surface area contributed by atoms with E-state index < -0.39 is 11.6 Å². The molecule has 0 saturated heterocycles. The molecule has 22 heavy (non-hydrogen) atoms. The van der Waals surface area contributed by atoms with Gasteiger partial charge < -0.3 is 14.6 Å². The Bertz CT molecular complexity index is 689. The van der Waals surface area contributed by atoms with Crippen molar-refractivity contribution in [1.82, 2.24) is 0 Å². The van der Waals surface area contributed by atoms with E-state index in [1.54, 1.807) is 12.1 Å². The van der Waals surface area contributed by atoms with E-state index in [1.807, 2.05) is 17.5 Å². The van der Waals surface area contributed by atoms with Crippen LogP contribution in [0.4, 0.5) is 0 Å². The van der Waals surface area contributed by atoms with Gasteiger partial charge in [-0.05, 0) is 31.4 Å². The predicted molar refractivity (Wildman–Crippen MR) is 84.0 cm³/mol. The van der Waals surface area contributed by atoms with Crippen molar-refractivity contribution >= 4 is 23.6 Å². The van der Waals surface area contributed by atoms with Crippen molar-refractivity contribution in [2.24, 2.45) is 0 Å². The number of ether oxygens (including phenoxy) is 2. The van der Waals surface area contributed by atoms with Crippen LogP contribution >= 0.6 is 11.3 Å². The molecule has 0 bridgehead atoms. The van der Waals surface area contributed by atoms with Crippen LogP contribution in [-0.4, -0.2) is 30.1 Å². The van der Waals surface area contributed by atoms with Gasteiger partial charge in [0, 0.05) is 16.5 Å². The van der Waals surface area contributed by atoms with Crippen molar-refractivity contribution in [3.63, 3.8) is 0 Å². The fourth-order valence-corrected chi connectivity index (χ4v) is 2.62. The van der Waals surface area contributed by atoms with Gasteiger partial charge in [0.15, 0.2) is 11.9 Å². The van der Waals surface area contributed by atoms with Crippen LogP contribution in [0, 0.1) is 0 Å². The van der Waals surface area contributed by atoms with Crippen LogP contribution in [0.1, 0.15) is 24.2 Å². The van der Waals surface area contributed by atoms with E-state index in [9.17, 15) is 9.59 Å². The summed E-state index contributed by atoms with van der Waals surface area (Å²) in [6, 6.07) is 7.01. The minimum Gasteiger partial charge on any atom is -0.496 e. The molecule has 1 heterocycles. The number of aliphatic carboxylic acids is 1. The maximum Gasteiger partial charge on any atom is 0.347 e. The molecule has 1 aromatic carbocycles. The average Bonchev–Trinajstić information content (AvgIpc) is 3.00. The van der Waals surface area contributed by atoms with Gasteiger partial charge >= 0.3 is 5.97 Å². The largest absolute Gasteiger partial charge is 0.496 e. The summed E-state index contributed by atoms with van der Waals surface area (Å²) in [7, 11) is 1.51. The Hall–Kier alpha value is -2.34. The van der Waals surface area contributed by atoms with Crippen molar-refractivity contribution in [3.8, 4) is 21.9 Å². The van der Waals surface area contributed by atoms with Crippen LogP contribution < -0.4 is 9.47 Å². The number of hydrogen-bond acceptors (Lipinski definition) is 5. The Kier molecular flexibility index (Phi) is 4.51. The Morgan fingerprint density at radius 2 is 2.05 bits per heavy atom. The van der Waals surface area contributed by atoms with Crippen molar-refractivity contribution in [1.29, 1.82) is 0 Å². The van der Waals surface area contributed by atoms with Gasteiger partial charge in [0.1, 0.15) is 11.5 Å². The first kappa shape index (κ1) is 16.0. The van der Waals surface area contributed by atoms with E-state index in [0.717, 1.165) is 10.4 Å². The number of thiophene rings is 1. The van der Waals surface area contributed by atoms with Gasteiger partial charge in [0.05, 0.1) is 12.7 Å². The van der Waals surface area contributed by atoms with E-state index in [1.165, 1.54) is 32.3 Å². The second kappa shape index (κ2) is 6.19. The van der Waals surface area contributed by atoms with E-state index in [2.05, 4.69) is 0 Å². The summed E-state index contributed by atoms with van der Waals surface area (Å²) < 4.78 is 10.8. The van der Waals surface area contributed by atoms with Crippen LogP contribution in [0.25, 0.3) is 10.4 Å². The lowest BCUT2D eigenvalue weighted by molar-refractivity contribution is -0.152. The van der Waals surface area contributed by atoms with Crippen molar-refractivity contribution in [2.75, 3.05) is 7.11 Å². The van der Waals surface area contributed by atoms with Gasteiger partial charge in [-0.25, -0.2) is 4.79 Å². The molecule has 0 amide bonds. The molecule has 2 aromatic rings. The minimum atomic E-state index is -1.45. The molecule has 0 unspecified atom stereocenters. The number of carboxylic acids is 1. The summed E-state index contributed by atoms with van der Waals surface area (Å²) in [5.41, 5.74) is -0.411. The first-order valence-electron chi connectivity index (χ1n) is 6.52. The maximum atomic E-state index is 11.3. The number of aldehydes is 1. The fraction of sp³-hybridized carbons (Fsp3) is 0.250. The van der Waals surface area contributed by atoms with Gasteiger partial charge in [0.2, 0.25) is 0 Å². The van der Waals surface area contributed by atoms with Crippen LogP contribution in [-0.2, 0) is 4.79 Å². The molecule has 0 spiro atoms. The molecule has 0 saturated carbocycles. The lowest BCUT2D eigenvalue weighted by atomic mass is 10.1. The van der Waals surface area contributed by atoms with Crippen LogP contribution in [0.3, 0.4) is 0 Å². The van der Waals surface area contributed by atoms with E-state index >= 15 is 0 Å². The highest BCUT2D eigenvalue weighted by atomic mass is 32.1. The lowest BCUT2D eigenvalue weighted by Crippen LogP contribution is -2.38. The standard InChI is InChI=1S/C16H16O5S/c1-16(2,15(18)19)21-12-8-13(20-3)11(7-10(12)9-17)14-5-4-6-22-14/h4-9H,1-3H3,(H,18,19). The summed E-state index contributed by atoms with van der Waals surface area (Å²) in [6.45, 7) is 2.84. The maximum absolute atomic E-state index is 11.3. The summed E-state index contributed by atoms with van der Waals surface area (Å²) in [5, 5.41) is 11.1. The molecule has 0 aliphatic heterocycles. The highest BCUT2D eigenvalue weighted by Crippen LogP contribution is 2.38. The van der Waals surface area contributed by atoms with Crippen LogP contribution in [0.15, 0.2) is 29.6 Å². The fourth-order valence-electron chi connectivity index (χ4n) is 1.87. The molecular weight excluding hydrogens is 304 g/mol. The molecule has 5 nitrogen and oxygen atoms in total. The first-order chi connectivity index (χ1) is 10.4.